The first kappa shape index (κ1) is 21.2. The van der Waals surface area contributed by atoms with Gasteiger partial charge in [0.25, 0.3) is 5.91 Å². The van der Waals surface area contributed by atoms with Crippen molar-refractivity contribution in [1.29, 1.82) is 0 Å². The van der Waals surface area contributed by atoms with Gasteiger partial charge in [-0.3, -0.25) is 9.78 Å². The second-order valence-electron chi connectivity index (χ2n) is 6.85. The van der Waals surface area contributed by atoms with Crippen molar-refractivity contribution in [2.24, 2.45) is 0 Å². The minimum atomic E-state index is -1.41. The number of aryl methyl sites for hydroxylation is 1. The molecule has 1 atom stereocenters. The van der Waals surface area contributed by atoms with E-state index in [1.54, 1.807) is 60.1 Å². The Labute approximate surface area is 183 Å². The number of carbonyl (C=O) groups excluding carboxylic acids is 1. The normalized spacial score (nSPS) is 12.9. The van der Waals surface area contributed by atoms with Crippen molar-refractivity contribution in [3.05, 3.63) is 83.2 Å². The Morgan fingerprint density at radius 3 is 2.45 bits per heavy atom. The standard InChI is InChI=1S/C23H22FIN2O2/c1-15-12-16(4-9-21(15)22(28)26-3)17-10-11-27-19(13-17)14-29-20-7-5-18(6-8-20)23(2,24)25/h4-13H,14H2,1-3H3,(H,26,28). The number of amides is 1. The van der Waals surface area contributed by atoms with Crippen molar-refractivity contribution in [1.82, 2.24) is 10.3 Å². The number of hydrogen-bond donors (Lipinski definition) is 1. The molecule has 1 heterocycles. The molecule has 1 N–H and O–H groups in total. The van der Waals surface area contributed by atoms with Crippen molar-refractivity contribution in [2.75, 3.05) is 7.05 Å². The predicted molar refractivity (Wildman–Crippen MR) is 121 cm³/mol. The van der Waals surface area contributed by atoms with E-state index >= 15 is 0 Å². The van der Waals surface area contributed by atoms with E-state index < -0.39 is 3.68 Å². The summed E-state index contributed by atoms with van der Waals surface area (Å²) in [5, 5.41) is 2.65. The molecule has 0 radical (unpaired) electrons. The van der Waals surface area contributed by atoms with Gasteiger partial charge in [-0.05, 0) is 89.0 Å². The van der Waals surface area contributed by atoms with Crippen LogP contribution < -0.4 is 10.1 Å². The first-order valence-electron chi connectivity index (χ1n) is 9.17. The molecule has 0 aliphatic rings. The highest BCUT2D eigenvalue weighted by Crippen LogP contribution is 2.33. The number of nitrogens with zero attached hydrogens (tertiary/aromatic N) is 1. The minimum absolute atomic E-state index is 0.0977. The fourth-order valence-electron chi connectivity index (χ4n) is 2.97. The van der Waals surface area contributed by atoms with Gasteiger partial charge in [0.1, 0.15) is 12.4 Å². The van der Waals surface area contributed by atoms with E-state index in [4.69, 9.17) is 4.74 Å². The Hall–Kier alpha value is -2.48. The number of nitrogens with one attached hydrogen (secondary N) is 1. The minimum Gasteiger partial charge on any atom is -0.487 e. The van der Waals surface area contributed by atoms with Crippen molar-refractivity contribution in [2.45, 2.75) is 24.1 Å². The number of alkyl halides is 2. The Morgan fingerprint density at radius 2 is 1.83 bits per heavy atom. The van der Waals surface area contributed by atoms with E-state index in [0.717, 1.165) is 22.4 Å². The summed E-state index contributed by atoms with van der Waals surface area (Å²) in [5.41, 5.74) is 4.95. The Balaban J connectivity index is 1.73. The fraction of sp³-hybridized carbons (Fsp3) is 0.217. The average Bonchev–Trinajstić information content (AvgIpc) is 2.71. The van der Waals surface area contributed by atoms with Gasteiger partial charge in [-0.2, -0.15) is 0 Å². The summed E-state index contributed by atoms with van der Waals surface area (Å²) in [6.45, 7) is 3.74. The molecule has 0 bridgehead atoms. The molecule has 1 aromatic heterocycles. The summed E-state index contributed by atoms with van der Waals surface area (Å²) in [5.74, 6) is 0.562. The number of carbonyl (C=O) groups is 1. The van der Waals surface area contributed by atoms with E-state index in [1.165, 1.54) is 6.92 Å². The molecular formula is C23H22FIN2O2. The van der Waals surface area contributed by atoms with E-state index in [1.807, 2.05) is 37.3 Å². The van der Waals surface area contributed by atoms with Crippen LogP contribution in [0, 0.1) is 6.92 Å². The van der Waals surface area contributed by atoms with E-state index in [9.17, 15) is 9.18 Å². The van der Waals surface area contributed by atoms with Crippen LogP contribution in [0.3, 0.4) is 0 Å². The van der Waals surface area contributed by atoms with Crippen LogP contribution in [0.5, 0.6) is 5.75 Å². The summed E-state index contributed by atoms with van der Waals surface area (Å²) in [4.78, 5) is 16.2. The van der Waals surface area contributed by atoms with Crippen LogP contribution in [0.25, 0.3) is 11.1 Å². The SMILES string of the molecule is CNC(=O)c1ccc(-c2ccnc(COc3ccc(C(C)(F)I)cc3)c2)cc1C. The van der Waals surface area contributed by atoms with Gasteiger partial charge in [0.15, 0.2) is 3.68 Å². The van der Waals surface area contributed by atoms with Gasteiger partial charge in [-0.1, -0.05) is 24.3 Å². The lowest BCUT2D eigenvalue weighted by molar-refractivity contribution is 0.0962. The first-order chi connectivity index (χ1) is 13.8. The molecule has 29 heavy (non-hydrogen) atoms. The maximum absolute atomic E-state index is 13.9. The predicted octanol–water partition coefficient (Wildman–Crippen LogP) is 5.57. The molecule has 0 saturated heterocycles. The van der Waals surface area contributed by atoms with E-state index in [2.05, 4.69) is 10.3 Å². The van der Waals surface area contributed by atoms with Gasteiger partial charge in [-0.15, -0.1) is 0 Å². The third kappa shape index (κ3) is 5.32. The summed E-state index contributed by atoms with van der Waals surface area (Å²) < 4.78 is 18.3. The maximum atomic E-state index is 13.9. The van der Waals surface area contributed by atoms with E-state index in [-0.39, 0.29) is 5.91 Å². The quantitative estimate of drug-likeness (QED) is 0.353. The lowest BCUT2D eigenvalue weighted by Crippen LogP contribution is -2.18. The zero-order valence-electron chi connectivity index (χ0n) is 16.5. The van der Waals surface area contributed by atoms with Gasteiger partial charge in [-0.25, -0.2) is 4.39 Å². The molecule has 150 valence electrons. The molecule has 2 aromatic carbocycles. The first-order valence-corrected chi connectivity index (χ1v) is 10.2. The smallest absolute Gasteiger partial charge is 0.251 e. The topological polar surface area (TPSA) is 51.2 Å². The van der Waals surface area contributed by atoms with Crippen molar-refractivity contribution in [3.63, 3.8) is 0 Å². The molecule has 0 aliphatic heterocycles. The highest BCUT2D eigenvalue weighted by atomic mass is 127. The van der Waals surface area contributed by atoms with Crippen LogP contribution in [-0.2, 0) is 10.3 Å². The highest BCUT2D eigenvalue weighted by molar-refractivity contribution is 14.1. The molecule has 6 heteroatoms. The number of benzene rings is 2. The number of pyridine rings is 1. The Morgan fingerprint density at radius 1 is 1.14 bits per heavy atom. The van der Waals surface area contributed by atoms with Crippen LogP contribution in [0.4, 0.5) is 4.39 Å². The van der Waals surface area contributed by atoms with Crippen molar-refractivity contribution >= 4 is 28.5 Å². The highest BCUT2D eigenvalue weighted by Gasteiger charge is 2.20. The summed E-state index contributed by atoms with van der Waals surface area (Å²) in [7, 11) is 1.62. The molecule has 1 unspecified atom stereocenters. The molecule has 1 amide bonds. The maximum Gasteiger partial charge on any atom is 0.251 e. The van der Waals surface area contributed by atoms with Crippen LogP contribution >= 0.6 is 22.6 Å². The molecule has 0 fully saturated rings. The summed E-state index contributed by atoms with van der Waals surface area (Å²) >= 11 is 1.76. The molecule has 4 nitrogen and oxygen atoms in total. The molecule has 3 rings (SSSR count). The second-order valence-corrected chi connectivity index (χ2v) is 8.87. The lowest BCUT2D eigenvalue weighted by Gasteiger charge is -2.13. The fourth-order valence-corrected chi connectivity index (χ4v) is 3.33. The number of rotatable bonds is 6. The van der Waals surface area contributed by atoms with Gasteiger partial charge in [0.05, 0.1) is 5.69 Å². The Kier molecular flexibility index (Phi) is 6.52. The van der Waals surface area contributed by atoms with Crippen LogP contribution in [0.15, 0.2) is 60.8 Å². The number of hydrogen-bond acceptors (Lipinski definition) is 3. The molecular weight excluding hydrogens is 482 g/mol. The second kappa shape index (κ2) is 8.90. The van der Waals surface area contributed by atoms with Crippen molar-refractivity contribution < 1.29 is 13.9 Å². The summed E-state index contributed by atoms with van der Waals surface area (Å²) in [6, 6.07) is 16.6. The summed E-state index contributed by atoms with van der Waals surface area (Å²) in [6.07, 6.45) is 1.74. The van der Waals surface area contributed by atoms with Gasteiger partial charge in [0.2, 0.25) is 0 Å². The largest absolute Gasteiger partial charge is 0.487 e. The van der Waals surface area contributed by atoms with Crippen LogP contribution in [-0.4, -0.2) is 17.9 Å². The molecule has 0 aliphatic carbocycles. The lowest BCUT2D eigenvalue weighted by atomic mass is 9.99. The number of ether oxygens (including phenoxy) is 1. The molecule has 3 aromatic rings. The van der Waals surface area contributed by atoms with Gasteiger partial charge < -0.3 is 10.1 Å². The number of aromatic nitrogens is 1. The monoisotopic (exact) mass is 504 g/mol. The van der Waals surface area contributed by atoms with Gasteiger partial charge >= 0.3 is 0 Å². The molecule has 0 spiro atoms. The Bertz CT molecular complexity index is 1010. The third-order valence-electron chi connectivity index (χ3n) is 4.60. The zero-order chi connectivity index (χ0) is 21.0. The third-order valence-corrected chi connectivity index (χ3v) is 5.22. The van der Waals surface area contributed by atoms with Crippen molar-refractivity contribution in [3.8, 4) is 16.9 Å². The van der Waals surface area contributed by atoms with Crippen LogP contribution in [0.2, 0.25) is 0 Å². The van der Waals surface area contributed by atoms with E-state index in [0.29, 0.717) is 23.5 Å². The number of halogens is 2. The van der Waals surface area contributed by atoms with Gasteiger partial charge in [0, 0.05) is 18.8 Å². The zero-order valence-corrected chi connectivity index (χ0v) is 18.7. The average molecular weight is 504 g/mol. The molecule has 0 saturated carbocycles. The van der Waals surface area contributed by atoms with Crippen LogP contribution in [0.1, 0.15) is 34.1 Å².